The van der Waals surface area contributed by atoms with Crippen LogP contribution in [0.2, 0.25) is 0 Å². The molecule has 1 atom stereocenters. The van der Waals surface area contributed by atoms with Crippen LogP contribution < -0.4 is 0 Å². The monoisotopic (exact) mass is 172 g/mol. The normalized spacial score (nSPS) is 14.5. The van der Waals surface area contributed by atoms with Crippen molar-refractivity contribution in [1.82, 2.24) is 0 Å². The van der Waals surface area contributed by atoms with Gasteiger partial charge >= 0.3 is 12.1 Å². The largest absolute Gasteiger partial charge is 0.479 e. The Kier molecular flexibility index (Phi) is 3.31. The summed E-state index contributed by atoms with van der Waals surface area (Å²) in [4.78, 5) is 9.92. The third kappa shape index (κ3) is 5.65. The molecule has 0 bridgehead atoms. The van der Waals surface area contributed by atoms with Gasteiger partial charge in [-0.3, -0.25) is 0 Å². The quantitative estimate of drug-likeness (QED) is 0.691. The van der Waals surface area contributed by atoms with Crippen molar-refractivity contribution >= 4 is 5.97 Å². The fraction of sp³-hybridized carbons (Fsp3) is 0.800. The molecule has 1 unspecified atom stereocenters. The lowest BCUT2D eigenvalue weighted by Crippen LogP contribution is -2.26. The van der Waals surface area contributed by atoms with Crippen molar-refractivity contribution in [2.45, 2.75) is 19.2 Å². The molecule has 11 heavy (non-hydrogen) atoms. The highest BCUT2D eigenvalue weighted by molar-refractivity contribution is 5.71. The molecule has 0 heterocycles. The minimum Gasteiger partial charge on any atom is -0.479 e. The molecule has 0 rings (SSSR count). The Morgan fingerprint density at radius 2 is 2.09 bits per heavy atom. The Balaban J connectivity index is 3.63. The van der Waals surface area contributed by atoms with Gasteiger partial charge in [-0.25, -0.2) is 4.79 Å². The lowest BCUT2D eigenvalue weighted by Gasteiger charge is -2.09. The summed E-state index contributed by atoms with van der Waals surface area (Å²) >= 11 is 0. The summed E-state index contributed by atoms with van der Waals surface area (Å²) in [5, 5.41) is 8.09. The SMILES string of the molecule is CC(OCC(F)(F)F)C(=O)O. The van der Waals surface area contributed by atoms with Crippen LogP contribution in [0.1, 0.15) is 6.92 Å². The fourth-order valence-corrected chi connectivity index (χ4v) is 0.291. The van der Waals surface area contributed by atoms with Crippen molar-refractivity contribution in [2.24, 2.45) is 0 Å². The first kappa shape index (κ1) is 10.2. The van der Waals surface area contributed by atoms with Crippen LogP contribution in [0.3, 0.4) is 0 Å². The molecule has 0 saturated heterocycles. The molecule has 0 fully saturated rings. The van der Waals surface area contributed by atoms with Gasteiger partial charge in [0.25, 0.3) is 0 Å². The Morgan fingerprint density at radius 3 is 2.36 bits per heavy atom. The Labute approximate surface area is 60.8 Å². The van der Waals surface area contributed by atoms with Gasteiger partial charge in [-0.1, -0.05) is 0 Å². The number of halogens is 3. The highest BCUT2D eigenvalue weighted by atomic mass is 19.4. The molecule has 0 aromatic rings. The Bertz CT molecular complexity index is 142. The zero-order valence-electron chi connectivity index (χ0n) is 5.68. The third-order valence-corrected chi connectivity index (χ3v) is 0.845. The summed E-state index contributed by atoms with van der Waals surface area (Å²) in [6, 6.07) is 0. The van der Waals surface area contributed by atoms with Crippen LogP contribution in [0.15, 0.2) is 0 Å². The van der Waals surface area contributed by atoms with E-state index >= 15 is 0 Å². The van der Waals surface area contributed by atoms with Gasteiger partial charge in [-0.05, 0) is 6.92 Å². The predicted molar refractivity (Wildman–Crippen MR) is 29.1 cm³/mol. The first-order valence-electron chi connectivity index (χ1n) is 2.74. The molecule has 0 amide bonds. The van der Waals surface area contributed by atoms with Crippen molar-refractivity contribution in [3.63, 3.8) is 0 Å². The zero-order valence-corrected chi connectivity index (χ0v) is 5.68. The standard InChI is InChI=1S/C5H7F3O3/c1-3(4(9)10)11-2-5(6,7)8/h3H,2H2,1H3,(H,9,10). The van der Waals surface area contributed by atoms with Crippen LogP contribution in [0.4, 0.5) is 13.2 Å². The molecule has 0 aliphatic heterocycles. The smallest absolute Gasteiger partial charge is 0.411 e. The number of hydrogen-bond acceptors (Lipinski definition) is 2. The van der Waals surface area contributed by atoms with Gasteiger partial charge < -0.3 is 9.84 Å². The number of carboxylic acids is 1. The molecule has 66 valence electrons. The summed E-state index contributed by atoms with van der Waals surface area (Å²) in [5.74, 6) is -1.41. The van der Waals surface area contributed by atoms with E-state index in [1.807, 2.05) is 0 Å². The highest BCUT2D eigenvalue weighted by Crippen LogP contribution is 2.15. The maximum absolute atomic E-state index is 11.4. The first-order valence-corrected chi connectivity index (χ1v) is 2.74. The van der Waals surface area contributed by atoms with E-state index in [-0.39, 0.29) is 0 Å². The maximum Gasteiger partial charge on any atom is 0.411 e. The first-order chi connectivity index (χ1) is 4.83. The molecule has 3 nitrogen and oxygen atoms in total. The molecule has 6 heteroatoms. The van der Waals surface area contributed by atoms with Gasteiger partial charge in [-0.15, -0.1) is 0 Å². The summed E-state index contributed by atoms with van der Waals surface area (Å²) in [6.07, 6.45) is -5.89. The molecule has 0 aromatic carbocycles. The van der Waals surface area contributed by atoms with Crippen molar-refractivity contribution < 1.29 is 27.8 Å². The molecule has 0 saturated carbocycles. The van der Waals surface area contributed by atoms with Gasteiger partial charge in [0.05, 0.1) is 0 Å². The van der Waals surface area contributed by atoms with Crippen LogP contribution in [-0.4, -0.2) is 30.0 Å². The number of aliphatic carboxylic acids is 1. The molecule has 1 N–H and O–H groups in total. The molecule has 0 aliphatic rings. The average Bonchev–Trinajstić information content (AvgIpc) is 1.80. The number of hydrogen-bond donors (Lipinski definition) is 1. The molecule has 0 aliphatic carbocycles. The van der Waals surface area contributed by atoms with Gasteiger partial charge in [0.15, 0.2) is 6.10 Å². The van der Waals surface area contributed by atoms with Crippen LogP contribution in [-0.2, 0) is 9.53 Å². The van der Waals surface area contributed by atoms with Crippen molar-refractivity contribution in [3.8, 4) is 0 Å². The van der Waals surface area contributed by atoms with E-state index in [2.05, 4.69) is 4.74 Å². The minimum absolute atomic E-state index is 1.04. The number of ether oxygens (including phenoxy) is 1. The van der Waals surface area contributed by atoms with E-state index < -0.39 is 24.9 Å². The second kappa shape index (κ2) is 3.56. The summed E-state index contributed by atoms with van der Waals surface area (Å²) in [6.45, 7) is -0.492. The molecule has 0 aromatic heterocycles. The Hall–Kier alpha value is -0.780. The van der Waals surface area contributed by atoms with Gasteiger partial charge in [0.2, 0.25) is 0 Å². The van der Waals surface area contributed by atoms with E-state index in [0.717, 1.165) is 6.92 Å². The number of alkyl halides is 3. The summed E-state index contributed by atoms with van der Waals surface area (Å²) < 4.78 is 38.0. The molecular weight excluding hydrogens is 165 g/mol. The van der Waals surface area contributed by atoms with E-state index in [4.69, 9.17) is 5.11 Å². The molecule has 0 spiro atoms. The fourth-order valence-electron chi connectivity index (χ4n) is 0.291. The maximum atomic E-state index is 11.4. The number of carboxylic acid groups (broad SMARTS) is 1. The van der Waals surface area contributed by atoms with Crippen LogP contribution in [0.25, 0.3) is 0 Å². The van der Waals surface area contributed by atoms with Crippen molar-refractivity contribution in [3.05, 3.63) is 0 Å². The second-order valence-corrected chi connectivity index (χ2v) is 1.91. The van der Waals surface area contributed by atoms with Crippen molar-refractivity contribution in [1.29, 1.82) is 0 Å². The number of carbonyl (C=O) groups is 1. The topological polar surface area (TPSA) is 46.5 Å². The highest BCUT2D eigenvalue weighted by Gasteiger charge is 2.29. The summed E-state index contributed by atoms with van der Waals surface area (Å²) in [5.41, 5.74) is 0. The van der Waals surface area contributed by atoms with Crippen LogP contribution >= 0.6 is 0 Å². The van der Waals surface area contributed by atoms with E-state index in [0.29, 0.717) is 0 Å². The molecular formula is C5H7F3O3. The van der Waals surface area contributed by atoms with Crippen LogP contribution in [0, 0.1) is 0 Å². The van der Waals surface area contributed by atoms with Gasteiger partial charge in [0, 0.05) is 0 Å². The number of rotatable bonds is 3. The zero-order chi connectivity index (χ0) is 9.07. The van der Waals surface area contributed by atoms with E-state index in [1.54, 1.807) is 0 Å². The lowest BCUT2D eigenvalue weighted by atomic mass is 10.4. The van der Waals surface area contributed by atoms with Crippen molar-refractivity contribution in [2.75, 3.05) is 6.61 Å². The lowest BCUT2D eigenvalue weighted by molar-refractivity contribution is -0.190. The van der Waals surface area contributed by atoms with E-state index in [1.165, 1.54) is 0 Å². The van der Waals surface area contributed by atoms with Gasteiger partial charge in [-0.2, -0.15) is 13.2 Å². The molecule has 0 radical (unpaired) electrons. The van der Waals surface area contributed by atoms with E-state index in [9.17, 15) is 18.0 Å². The van der Waals surface area contributed by atoms with Crippen LogP contribution in [0.5, 0.6) is 0 Å². The minimum atomic E-state index is -4.47. The summed E-state index contributed by atoms with van der Waals surface area (Å²) in [7, 11) is 0. The third-order valence-electron chi connectivity index (χ3n) is 0.845. The second-order valence-electron chi connectivity index (χ2n) is 1.91. The predicted octanol–water partition coefficient (Wildman–Crippen LogP) is 1.04. The average molecular weight is 172 g/mol. The Morgan fingerprint density at radius 1 is 1.64 bits per heavy atom. The van der Waals surface area contributed by atoms with Gasteiger partial charge in [0.1, 0.15) is 6.61 Å².